The molecular formula is C11H20N2O4. The molecule has 1 unspecified atom stereocenters. The van der Waals surface area contributed by atoms with Crippen LogP contribution in [0.4, 0.5) is 0 Å². The second-order valence-corrected chi connectivity index (χ2v) is 4.36. The monoisotopic (exact) mass is 244 g/mol. The van der Waals surface area contributed by atoms with Gasteiger partial charge in [-0.3, -0.25) is 4.79 Å². The summed E-state index contributed by atoms with van der Waals surface area (Å²) in [5.74, 6) is -0.612. The first-order valence-electron chi connectivity index (χ1n) is 5.64. The highest BCUT2D eigenvalue weighted by atomic mass is 16.5. The van der Waals surface area contributed by atoms with Gasteiger partial charge in [-0.1, -0.05) is 0 Å². The van der Waals surface area contributed by atoms with Gasteiger partial charge in [0.1, 0.15) is 6.04 Å². The quantitative estimate of drug-likeness (QED) is 0.625. The fourth-order valence-electron chi connectivity index (χ4n) is 1.99. The van der Waals surface area contributed by atoms with Crippen LogP contribution in [0.15, 0.2) is 0 Å². The predicted octanol–water partition coefficient (Wildman–Crippen LogP) is -0.710. The van der Waals surface area contributed by atoms with E-state index in [9.17, 15) is 9.59 Å². The van der Waals surface area contributed by atoms with E-state index in [-0.39, 0.29) is 5.91 Å². The molecule has 1 fully saturated rings. The van der Waals surface area contributed by atoms with Crippen LogP contribution in [0.5, 0.6) is 0 Å². The summed E-state index contributed by atoms with van der Waals surface area (Å²) in [7, 11) is 2.87. The summed E-state index contributed by atoms with van der Waals surface area (Å²) in [6.45, 7) is 3.30. The highest BCUT2D eigenvalue weighted by molar-refractivity contribution is 5.88. The topological polar surface area (TPSA) is 76.7 Å². The molecule has 1 saturated heterocycles. The normalized spacial score (nSPS) is 25.4. The van der Waals surface area contributed by atoms with Crippen LogP contribution in [0.3, 0.4) is 0 Å². The molecule has 0 spiro atoms. The number of rotatable bonds is 5. The Morgan fingerprint density at radius 3 is 2.65 bits per heavy atom. The SMILES string of the molecule is COCC1(C(=O)N[C@@H](C)C(=O)OC)CCNC1. The Kier molecular flexibility index (Phi) is 4.89. The van der Waals surface area contributed by atoms with Crippen molar-refractivity contribution in [3.8, 4) is 0 Å². The molecule has 1 aliphatic heterocycles. The number of methoxy groups -OCH3 is 2. The maximum Gasteiger partial charge on any atom is 0.328 e. The van der Waals surface area contributed by atoms with E-state index in [1.165, 1.54) is 7.11 Å². The molecule has 0 aromatic rings. The molecule has 98 valence electrons. The number of hydrogen-bond donors (Lipinski definition) is 2. The van der Waals surface area contributed by atoms with Crippen molar-refractivity contribution < 1.29 is 19.1 Å². The van der Waals surface area contributed by atoms with Gasteiger partial charge in [0.15, 0.2) is 0 Å². The molecule has 0 bridgehead atoms. The first kappa shape index (κ1) is 13.9. The lowest BCUT2D eigenvalue weighted by Gasteiger charge is -2.27. The van der Waals surface area contributed by atoms with Gasteiger partial charge in [0.2, 0.25) is 5.91 Å². The molecule has 0 aliphatic carbocycles. The van der Waals surface area contributed by atoms with Crippen LogP contribution in [-0.4, -0.2) is 51.8 Å². The van der Waals surface area contributed by atoms with Crippen molar-refractivity contribution in [1.82, 2.24) is 10.6 Å². The third-order valence-electron chi connectivity index (χ3n) is 3.05. The standard InChI is InChI=1S/C11H20N2O4/c1-8(9(14)17-3)13-10(15)11(7-16-2)4-5-12-6-11/h8,12H,4-7H2,1-3H3,(H,13,15)/t8-,11?/m0/s1. The number of nitrogens with one attached hydrogen (secondary N) is 2. The summed E-state index contributed by atoms with van der Waals surface area (Å²) in [4.78, 5) is 23.4. The van der Waals surface area contributed by atoms with Crippen LogP contribution in [0.2, 0.25) is 0 Å². The van der Waals surface area contributed by atoms with Crippen LogP contribution in [-0.2, 0) is 19.1 Å². The van der Waals surface area contributed by atoms with Crippen molar-refractivity contribution in [1.29, 1.82) is 0 Å². The Morgan fingerprint density at radius 1 is 1.47 bits per heavy atom. The summed E-state index contributed by atoms with van der Waals surface area (Å²) in [5, 5.41) is 5.80. The molecule has 0 radical (unpaired) electrons. The summed E-state index contributed by atoms with van der Waals surface area (Å²) < 4.78 is 9.67. The molecule has 2 N–H and O–H groups in total. The van der Waals surface area contributed by atoms with Gasteiger partial charge in [-0.2, -0.15) is 0 Å². The van der Waals surface area contributed by atoms with E-state index in [0.29, 0.717) is 19.6 Å². The molecule has 1 rings (SSSR count). The number of hydrogen-bond acceptors (Lipinski definition) is 5. The molecule has 2 atom stereocenters. The third-order valence-corrected chi connectivity index (χ3v) is 3.05. The molecule has 6 nitrogen and oxygen atoms in total. The Hall–Kier alpha value is -1.14. The van der Waals surface area contributed by atoms with Gasteiger partial charge in [0.25, 0.3) is 0 Å². The van der Waals surface area contributed by atoms with E-state index in [4.69, 9.17) is 4.74 Å². The molecular weight excluding hydrogens is 224 g/mol. The summed E-state index contributed by atoms with van der Waals surface area (Å²) in [5.41, 5.74) is -0.572. The number of carbonyl (C=O) groups excluding carboxylic acids is 2. The van der Waals surface area contributed by atoms with Crippen molar-refractivity contribution in [3.05, 3.63) is 0 Å². The minimum atomic E-state index is -0.637. The molecule has 1 aliphatic rings. The zero-order valence-electron chi connectivity index (χ0n) is 10.5. The zero-order valence-corrected chi connectivity index (χ0v) is 10.5. The van der Waals surface area contributed by atoms with Gasteiger partial charge in [0.05, 0.1) is 19.1 Å². The van der Waals surface area contributed by atoms with E-state index in [1.54, 1.807) is 14.0 Å². The van der Waals surface area contributed by atoms with Gasteiger partial charge in [-0.25, -0.2) is 4.79 Å². The maximum absolute atomic E-state index is 12.1. The van der Waals surface area contributed by atoms with Gasteiger partial charge >= 0.3 is 5.97 Å². The Bertz CT molecular complexity index is 287. The Balaban J connectivity index is 2.63. The van der Waals surface area contributed by atoms with Gasteiger partial charge in [-0.15, -0.1) is 0 Å². The first-order valence-corrected chi connectivity index (χ1v) is 5.64. The molecule has 17 heavy (non-hydrogen) atoms. The van der Waals surface area contributed by atoms with Crippen molar-refractivity contribution in [3.63, 3.8) is 0 Å². The van der Waals surface area contributed by atoms with Crippen LogP contribution >= 0.6 is 0 Å². The highest BCUT2D eigenvalue weighted by Gasteiger charge is 2.42. The first-order chi connectivity index (χ1) is 8.05. The van der Waals surface area contributed by atoms with Crippen molar-refractivity contribution in [2.24, 2.45) is 5.41 Å². The van der Waals surface area contributed by atoms with Crippen molar-refractivity contribution in [2.45, 2.75) is 19.4 Å². The Labute approximate surface area is 101 Å². The average molecular weight is 244 g/mol. The largest absolute Gasteiger partial charge is 0.467 e. The summed E-state index contributed by atoms with van der Waals surface area (Å²) >= 11 is 0. The summed E-state index contributed by atoms with van der Waals surface area (Å²) in [6, 6.07) is -0.637. The second-order valence-electron chi connectivity index (χ2n) is 4.36. The van der Waals surface area contributed by atoms with Crippen LogP contribution < -0.4 is 10.6 Å². The Morgan fingerprint density at radius 2 is 2.18 bits per heavy atom. The van der Waals surface area contributed by atoms with Gasteiger partial charge < -0.3 is 20.1 Å². The molecule has 1 amide bonds. The summed E-state index contributed by atoms with van der Waals surface area (Å²) in [6.07, 6.45) is 0.709. The van der Waals surface area contributed by atoms with Crippen molar-refractivity contribution in [2.75, 3.05) is 33.9 Å². The maximum atomic E-state index is 12.1. The van der Waals surface area contributed by atoms with Crippen LogP contribution in [0.1, 0.15) is 13.3 Å². The third kappa shape index (κ3) is 3.17. The lowest BCUT2D eigenvalue weighted by Crippen LogP contribution is -2.50. The lowest BCUT2D eigenvalue weighted by atomic mass is 9.87. The van der Waals surface area contributed by atoms with Crippen LogP contribution in [0, 0.1) is 5.41 Å². The second kappa shape index (κ2) is 5.97. The van der Waals surface area contributed by atoms with E-state index in [2.05, 4.69) is 15.4 Å². The molecule has 6 heteroatoms. The van der Waals surface area contributed by atoms with E-state index < -0.39 is 17.4 Å². The number of amides is 1. The number of esters is 1. The van der Waals surface area contributed by atoms with Gasteiger partial charge in [-0.05, 0) is 19.9 Å². The highest BCUT2D eigenvalue weighted by Crippen LogP contribution is 2.26. The number of carbonyl (C=O) groups is 2. The smallest absolute Gasteiger partial charge is 0.328 e. The predicted molar refractivity (Wildman–Crippen MR) is 61.4 cm³/mol. The van der Waals surface area contributed by atoms with Gasteiger partial charge in [0, 0.05) is 13.7 Å². The van der Waals surface area contributed by atoms with E-state index in [1.807, 2.05) is 0 Å². The van der Waals surface area contributed by atoms with Crippen LogP contribution in [0.25, 0.3) is 0 Å². The van der Waals surface area contributed by atoms with Crippen molar-refractivity contribution >= 4 is 11.9 Å². The fourth-order valence-corrected chi connectivity index (χ4v) is 1.99. The lowest BCUT2D eigenvalue weighted by molar-refractivity contribution is -0.146. The average Bonchev–Trinajstić information content (AvgIpc) is 2.78. The molecule has 1 heterocycles. The molecule has 0 aromatic carbocycles. The fraction of sp³-hybridized carbons (Fsp3) is 0.818. The molecule has 0 aromatic heterocycles. The zero-order chi connectivity index (χ0) is 12.9. The van der Waals surface area contributed by atoms with E-state index >= 15 is 0 Å². The molecule has 0 saturated carbocycles. The minimum absolute atomic E-state index is 0.165. The number of ether oxygens (including phenoxy) is 2. The minimum Gasteiger partial charge on any atom is -0.467 e. The van der Waals surface area contributed by atoms with E-state index in [0.717, 1.165) is 6.54 Å².